The van der Waals surface area contributed by atoms with Crippen LogP contribution in [0.1, 0.15) is 11.6 Å². The molecule has 64 valence electrons. The highest BCUT2D eigenvalue weighted by Crippen LogP contribution is 2.40. The Labute approximate surface area is 81.7 Å². The van der Waals surface area contributed by atoms with E-state index in [2.05, 4.69) is 54.3 Å². The number of likely N-dealkylation sites (N-methyl/N-ethyl adjacent to an activating group) is 1. The molecule has 1 heterocycles. The molecule has 1 aliphatic rings. The fourth-order valence-electron chi connectivity index (χ4n) is 1.59. The van der Waals surface area contributed by atoms with Crippen LogP contribution in [0.15, 0.2) is 28.7 Å². The standard InChI is InChI=1S/C10H13BrN/c1-12(2)7-10(12)8-3-5-9(11)6-4-8/h3-6,10H,7H2,1-2H3/q+1. The molecular weight excluding hydrogens is 214 g/mol. The third kappa shape index (κ3) is 1.41. The first-order chi connectivity index (χ1) is 5.59. The first kappa shape index (κ1) is 8.27. The van der Waals surface area contributed by atoms with Crippen LogP contribution in [0.3, 0.4) is 0 Å². The number of halogens is 1. The van der Waals surface area contributed by atoms with E-state index in [-0.39, 0.29) is 0 Å². The van der Waals surface area contributed by atoms with E-state index >= 15 is 0 Å². The lowest BCUT2D eigenvalue weighted by atomic mass is 10.2. The second-order valence-electron chi connectivity index (χ2n) is 4.03. The smallest absolute Gasteiger partial charge is 0.164 e. The Hall–Kier alpha value is -0.340. The monoisotopic (exact) mass is 226 g/mol. The van der Waals surface area contributed by atoms with Gasteiger partial charge in [-0.05, 0) is 12.1 Å². The molecule has 1 aromatic carbocycles. The van der Waals surface area contributed by atoms with Gasteiger partial charge in [0.1, 0.15) is 6.54 Å². The van der Waals surface area contributed by atoms with Crippen molar-refractivity contribution < 1.29 is 4.48 Å². The Morgan fingerprint density at radius 1 is 1.25 bits per heavy atom. The zero-order chi connectivity index (χ0) is 8.77. The van der Waals surface area contributed by atoms with Gasteiger partial charge in [0.05, 0.1) is 14.1 Å². The molecule has 1 aromatic rings. The third-order valence-electron chi connectivity index (χ3n) is 2.61. The number of rotatable bonds is 1. The SMILES string of the molecule is C[N+]1(C)CC1c1ccc(Br)cc1. The fraction of sp³-hybridized carbons (Fsp3) is 0.400. The molecule has 0 aliphatic carbocycles. The second kappa shape index (κ2) is 2.57. The van der Waals surface area contributed by atoms with Gasteiger partial charge < -0.3 is 4.48 Å². The average molecular weight is 227 g/mol. The molecule has 2 rings (SSSR count). The van der Waals surface area contributed by atoms with Gasteiger partial charge in [0.25, 0.3) is 0 Å². The topological polar surface area (TPSA) is 0 Å². The van der Waals surface area contributed by atoms with Crippen LogP contribution in [-0.4, -0.2) is 25.1 Å². The van der Waals surface area contributed by atoms with E-state index in [9.17, 15) is 0 Å². The molecule has 1 fully saturated rings. The van der Waals surface area contributed by atoms with Crippen LogP contribution < -0.4 is 0 Å². The summed E-state index contributed by atoms with van der Waals surface area (Å²) >= 11 is 3.44. The maximum atomic E-state index is 3.44. The summed E-state index contributed by atoms with van der Waals surface area (Å²) in [5, 5.41) is 0. The average Bonchev–Trinajstić information content (AvgIpc) is 2.61. The molecule has 1 nitrogen and oxygen atoms in total. The predicted molar refractivity (Wildman–Crippen MR) is 53.9 cm³/mol. The maximum Gasteiger partial charge on any atom is 0.164 e. The highest BCUT2D eigenvalue weighted by Gasteiger charge is 2.48. The van der Waals surface area contributed by atoms with E-state index in [4.69, 9.17) is 0 Å². The molecule has 1 unspecified atom stereocenters. The molecule has 1 aliphatic heterocycles. The summed E-state index contributed by atoms with van der Waals surface area (Å²) in [5.74, 6) is 0. The van der Waals surface area contributed by atoms with Crippen molar-refractivity contribution in [3.05, 3.63) is 34.3 Å². The van der Waals surface area contributed by atoms with Crippen LogP contribution in [0.5, 0.6) is 0 Å². The summed E-state index contributed by atoms with van der Waals surface area (Å²) in [5.41, 5.74) is 1.46. The molecule has 0 spiro atoms. The lowest BCUT2D eigenvalue weighted by Gasteiger charge is -2.05. The molecule has 0 bridgehead atoms. The van der Waals surface area contributed by atoms with Crippen molar-refractivity contribution in [2.45, 2.75) is 6.04 Å². The van der Waals surface area contributed by atoms with Gasteiger partial charge in [-0.15, -0.1) is 0 Å². The number of benzene rings is 1. The Bertz CT molecular complexity index is 289. The lowest BCUT2D eigenvalue weighted by Crippen LogP contribution is -2.12. The Morgan fingerprint density at radius 2 is 1.75 bits per heavy atom. The molecular formula is C10H13BrN+. The van der Waals surface area contributed by atoms with Gasteiger partial charge >= 0.3 is 0 Å². The van der Waals surface area contributed by atoms with E-state index < -0.39 is 0 Å². The minimum Gasteiger partial charge on any atom is -0.312 e. The highest BCUT2D eigenvalue weighted by atomic mass is 79.9. The van der Waals surface area contributed by atoms with Gasteiger partial charge in [-0.2, -0.15) is 0 Å². The predicted octanol–water partition coefficient (Wildman–Crippen LogP) is 2.58. The van der Waals surface area contributed by atoms with Gasteiger partial charge in [0.2, 0.25) is 0 Å². The molecule has 1 atom stereocenters. The van der Waals surface area contributed by atoms with Crippen LogP contribution in [0.4, 0.5) is 0 Å². The van der Waals surface area contributed by atoms with E-state index in [0.29, 0.717) is 0 Å². The third-order valence-corrected chi connectivity index (χ3v) is 3.14. The number of quaternary nitrogens is 1. The minimum absolute atomic E-state index is 0.734. The van der Waals surface area contributed by atoms with Crippen molar-refractivity contribution >= 4 is 15.9 Å². The first-order valence-corrected chi connectivity index (χ1v) is 4.97. The molecule has 0 radical (unpaired) electrons. The number of hydrogen-bond acceptors (Lipinski definition) is 0. The van der Waals surface area contributed by atoms with Crippen molar-refractivity contribution in [2.75, 3.05) is 20.6 Å². The van der Waals surface area contributed by atoms with E-state index in [0.717, 1.165) is 15.0 Å². The summed E-state index contributed by atoms with van der Waals surface area (Å²) in [6.07, 6.45) is 0. The zero-order valence-corrected chi connectivity index (χ0v) is 9.01. The fourth-order valence-corrected chi connectivity index (χ4v) is 1.86. The second-order valence-corrected chi connectivity index (χ2v) is 4.94. The quantitative estimate of drug-likeness (QED) is 0.511. The van der Waals surface area contributed by atoms with Crippen molar-refractivity contribution in [3.63, 3.8) is 0 Å². The largest absolute Gasteiger partial charge is 0.312 e. The lowest BCUT2D eigenvalue weighted by molar-refractivity contribution is -0.772. The molecule has 1 saturated heterocycles. The normalized spacial score (nSPS) is 25.4. The van der Waals surface area contributed by atoms with Gasteiger partial charge in [-0.25, -0.2) is 0 Å². The molecule has 0 aromatic heterocycles. The van der Waals surface area contributed by atoms with Gasteiger partial charge in [0.15, 0.2) is 6.04 Å². The molecule has 0 amide bonds. The minimum atomic E-state index is 0.734. The number of nitrogens with zero attached hydrogens (tertiary/aromatic N) is 1. The highest BCUT2D eigenvalue weighted by molar-refractivity contribution is 9.10. The van der Waals surface area contributed by atoms with E-state index in [1.54, 1.807) is 0 Å². The summed E-state index contributed by atoms with van der Waals surface area (Å²) in [6, 6.07) is 9.39. The first-order valence-electron chi connectivity index (χ1n) is 4.18. The molecule has 12 heavy (non-hydrogen) atoms. The van der Waals surface area contributed by atoms with Gasteiger partial charge in [-0.1, -0.05) is 28.1 Å². The van der Waals surface area contributed by atoms with Crippen molar-refractivity contribution in [2.24, 2.45) is 0 Å². The van der Waals surface area contributed by atoms with E-state index in [1.807, 2.05) is 0 Å². The van der Waals surface area contributed by atoms with Crippen LogP contribution >= 0.6 is 15.9 Å². The molecule has 2 heteroatoms. The Kier molecular flexibility index (Phi) is 1.77. The van der Waals surface area contributed by atoms with Crippen LogP contribution in [0.2, 0.25) is 0 Å². The van der Waals surface area contributed by atoms with Crippen LogP contribution in [0, 0.1) is 0 Å². The summed E-state index contributed by atoms with van der Waals surface area (Å²) in [6.45, 7) is 1.28. The Balaban J connectivity index is 2.21. The molecule has 0 N–H and O–H groups in total. The summed E-state index contributed by atoms with van der Waals surface area (Å²) < 4.78 is 2.30. The molecule has 0 saturated carbocycles. The van der Waals surface area contributed by atoms with Crippen molar-refractivity contribution in [1.29, 1.82) is 0 Å². The van der Waals surface area contributed by atoms with Crippen LogP contribution in [0.25, 0.3) is 0 Å². The van der Waals surface area contributed by atoms with Gasteiger partial charge in [0, 0.05) is 10.0 Å². The van der Waals surface area contributed by atoms with Gasteiger partial charge in [-0.3, -0.25) is 0 Å². The van der Waals surface area contributed by atoms with Crippen molar-refractivity contribution in [1.82, 2.24) is 0 Å². The van der Waals surface area contributed by atoms with E-state index in [1.165, 1.54) is 12.1 Å². The summed E-state index contributed by atoms with van der Waals surface area (Å²) in [7, 11) is 4.54. The Morgan fingerprint density at radius 3 is 2.17 bits per heavy atom. The van der Waals surface area contributed by atoms with Crippen LogP contribution in [-0.2, 0) is 0 Å². The maximum absolute atomic E-state index is 3.44. The number of hydrogen-bond donors (Lipinski definition) is 0. The van der Waals surface area contributed by atoms with Crippen molar-refractivity contribution in [3.8, 4) is 0 Å². The zero-order valence-electron chi connectivity index (χ0n) is 7.42. The summed E-state index contributed by atoms with van der Waals surface area (Å²) in [4.78, 5) is 0.